The Kier molecular flexibility index (Phi) is 5.58. The molecule has 0 saturated carbocycles. The van der Waals surface area contributed by atoms with E-state index in [1.165, 1.54) is 22.0 Å². The highest BCUT2D eigenvalue weighted by Gasteiger charge is 2.26. The van der Waals surface area contributed by atoms with Crippen LogP contribution in [0.2, 0.25) is 0 Å². The summed E-state index contributed by atoms with van der Waals surface area (Å²) in [5.41, 5.74) is 3.61. The zero-order valence-electron chi connectivity index (χ0n) is 16.4. The zero-order chi connectivity index (χ0) is 20.4. The summed E-state index contributed by atoms with van der Waals surface area (Å²) >= 11 is 0. The maximum Gasteiger partial charge on any atom is 0.255 e. The molecule has 154 valence electrons. The van der Waals surface area contributed by atoms with Gasteiger partial charge in [-0.1, -0.05) is 6.07 Å². The van der Waals surface area contributed by atoms with Crippen molar-refractivity contribution < 1.29 is 17.9 Å². The Morgan fingerprint density at radius 2 is 1.79 bits per heavy atom. The lowest BCUT2D eigenvalue weighted by molar-refractivity contribution is 0.0730. The van der Waals surface area contributed by atoms with Crippen molar-refractivity contribution in [3.8, 4) is 0 Å². The number of amides is 1. The van der Waals surface area contributed by atoms with Crippen LogP contribution in [0.5, 0.6) is 0 Å². The molecule has 0 unspecified atom stereocenters. The van der Waals surface area contributed by atoms with Crippen LogP contribution in [-0.2, 0) is 21.2 Å². The summed E-state index contributed by atoms with van der Waals surface area (Å²) in [4.78, 5) is 15.1. The Morgan fingerprint density at radius 1 is 1.07 bits per heavy atom. The molecule has 1 saturated heterocycles. The molecule has 4 rings (SSSR count). The van der Waals surface area contributed by atoms with E-state index in [-0.39, 0.29) is 10.8 Å². The largest absolute Gasteiger partial charge is 0.379 e. The van der Waals surface area contributed by atoms with E-state index >= 15 is 0 Å². The van der Waals surface area contributed by atoms with Gasteiger partial charge in [0, 0.05) is 43.1 Å². The first-order valence-electron chi connectivity index (χ1n) is 9.86. The first kappa shape index (κ1) is 19.9. The van der Waals surface area contributed by atoms with Crippen molar-refractivity contribution in [2.45, 2.75) is 18.2 Å². The van der Waals surface area contributed by atoms with E-state index < -0.39 is 10.0 Å². The smallest absolute Gasteiger partial charge is 0.255 e. The minimum Gasteiger partial charge on any atom is -0.379 e. The molecular weight excluding hydrogens is 390 g/mol. The lowest BCUT2D eigenvalue weighted by Gasteiger charge is -2.26. The van der Waals surface area contributed by atoms with Gasteiger partial charge in [0.2, 0.25) is 10.0 Å². The maximum atomic E-state index is 12.7. The minimum absolute atomic E-state index is 0.187. The number of nitrogens with zero attached hydrogens (tertiary/aromatic N) is 2. The van der Waals surface area contributed by atoms with Crippen molar-refractivity contribution in [3.05, 3.63) is 53.6 Å². The zero-order valence-corrected chi connectivity index (χ0v) is 17.2. The maximum absolute atomic E-state index is 12.7. The number of carbonyl (C=O) groups excluding carboxylic acids is 1. The van der Waals surface area contributed by atoms with Gasteiger partial charge in [0.05, 0.1) is 18.1 Å². The second-order valence-corrected chi connectivity index (χ2v) is 9.11. The predicted octanol–water partition coefficient (Wildman–Crippen LogP) is 2.34. The Bertz CT molecular complexity index is 999. The molecule has 0 spiro atoms. The number of morpholine rings is 1. The molecule has 1 N–H and O–H groups in total. The topological polar surface area (TPSA) is 79.0 Å². The van der Waals surface area contributed by atoms with Crippen molar-refractivity contribution in [2.24, 2.45) is 0 Å². The number of likely N-dealkylation sites (N-methyl/N-ethyl adjacent to an activating group) is 1. The Labute approximate surface area is 171 Å². The van der Waals surface area contributed by atoms with Crippen LogP contribution in [0.3, 0.4) is 0 Å². The molecule has 0 aromatic heterocycles. The summed E-state index contributed by atoms with van der Waals surface area (Å²) in [5.74, 6) is -0.263. The SMILES string of the molecule is CCN1CCc2ccc(NC(=O)c3ccc(S(=O)(=O)N4CCOCC4)cc3)cc21. The van der Waals surface area contributed by atoms with Gasteiger partial charge in [-0.2, -0.15) is 4.31 Å². The molecule has 1 amide bonds. The first-order chi connectivity index (χ1) is 14.0. The van der Waals surface area contributed by atoms with Gasteiger partial charge in [0.15, 0.2) is 0 Å². The minimum atomic E-state index is -3.56. The molecule has 0 aliphatic carbocycles. The number of carbonyl (C=O) groups is 1. The molecule has 2 aromatic rings. The summed E-state index contributed by atoms with van der Waals surface area (Å²) in [5, 5.41) is 2.91. The van der Waals surface area contributed by atoms with Crippen LogP contribution in [0.25, 0.3) is 0 Å². The molecule has 1 fully saturated rings. The van der Waals surface area contributed by atoms with Crippen molar-refractivity contribution in [2.75, 3.05) is 49.6 Å². The number of sulfonamides is 1. The molecule has 29 heavy (non-hydrogen) atoms. The summed E-state index contributed by atoms with van der Waals surface area (Å²) in [6.45, 7) is 5.54. The van der Waals surface area contributed by atoms with Gasteiger partial charge in [-0.3, -0.25) is 4.79 Å². The number of hydrogen-bond donors (Lipinski definition) is 1. The fourth-order valence-electron chi connectivity index (χ4n) is 3.77. The predicted molar refractivity (Wildman–Crippen MR) is 112 cm³/mol. The third-order valence-electron chi connectivity index (χ3n) is 5.44. The van der Waals surface area contributed by atoms with Gasteiger partial charge in [0.1, 0.15) is 0 Å². The molecule has 2 aliphatic heterocycles. The molecule has 8 heteroatoms. The van der Waals surface area contributed by atoms with Crippen LogP contribution >= 0.6 is 0 Å². The fourth-order valence-corrected chi connectivity index (χ4v) is 5.18. The van der Waals surface area contributed by atoms with Gasteiger partial charge < -0.3 is 15.0 Å². The van der Waals surface area contributed by atoms with Crippen LogP contribution in [0.1, 0.15) is 22.8 Å². The Morgan fingerprint density at radius 3 is 2.48 bits per heavy atom. The van der Waals surface area contributed by atoms with Crippen LogP contribution < -0.4 is 10.2 Å². The Hall–Kier alpha value is -2.42. The van der Waals surface area contributed by atoms with Crippen LogP contribution in [-0.4, -0.2) is 58.0 Å². The molecule has 2 heterocycles. The third kappa shape index (κ3) is 4.01. The monoisotopic (exact) mass is 415 g/mol. The van der Waals surface area contributed by atoms with Crippen molar-refractivity contribution in [1.82, 2.24) is 4.31 Å². The van der Waals surface area contributed by atoms with Gasteiger partial charge in [-0.25, -0.2) is 8.42 Å². The summed E-state index contributed by atoms with van der Waals surface area (Å²) in [6.07, 6.45) is 1.02. The summed E-state index contributed by atoms with van der Waals surface area (Å²) in [7, 11) is -3.56. The lowest BCUT2D eigenvalue weighted by atomic mass is 10.1. The van der Waals surface area contributed by atoms with Crippen LogP contribution in [0.4, 0.5) is 11.4 Å². The van der Waals surface area contributed by atoms with Crippen molar-refractivity contribution >= 4 is 27.3 Å². The average Bonchev–Trinajstić information content (AvgIpc) is 3.17. The first-order valence-corrected chi connectivity index (χ1v) is 11.3. The molecule has 0 atom stereocenters. The van der Waals surface area contributed by atoms with E-state index in [0.29, 0.717) is 31.9 Å². The summed E-state index contributed by atoms with van der Waals surface area (Å²) in [6, 6.07) is 12.0. The second kappa shape index (κ2) is 8.14. The highest BCUT2D eigenvalue weighted by atomic mass is 32.2. The number of fused-ring (bicyclic) bond motifs is 1. The number of nitrogens with one attached hydrogen (secondary N) is 1. The van der Waals surface area contributed by atoms with Gasteiger partial charge in [-0.05, 0) is 55.3 Å². The van der Waals surface area contributed by atoms with Crippen molar-refractivity contribution in [3.63, 3.8) is 0 Å². The molecular formula is C21H25N3O4S. The van der Waals surface area contributed by atoms with E-state index in [0.717, 1.165) is 30.9 Å². The highest BCUT2D eigenvalue weighted by molar-refractivity contribution is 7.89. The molecule has 0 bridgehead atoms. The van der Waals surface area contributed by atoms with Crippen LogP contribution in [0, 0.1) is 0 Å². The molecule has 2 aliphatic rings. The van der Waals surface area contributed by atoms with E-state index in [1.807, 2.05) is 12.1 Å². The molecule has 0 radical (unpaired) electrons. The van der Waals surface area contributed by atoms with E-state index in [4.69, 9.17) is 4.74 Å². The normalized spacial score (nSPS) is 17.2. The number of rotatable bonds is 5. The quantitative estimate of drug-likeness (QED) is 0.811. The van der Waals surface area contributed by atoms with Gasteiger partial charge >= 0.3 is 0 Å². The fraction of sp³-hybridized carbons (Fsp3) is 0.381. The van der Waals surface area contributed by atoms with E-state index in [1.54, 1.807) is 12.1 Å². The Balaban J connectivity index is 1.47. The van der Waals surface area contributed by atoms with E-state index in [2.05, 4.69) is 23.2 Å². The number of anilines is 2. The second-order valence-electron chi connectivity index (χ2n) is 7.17. The van der Waals surface area contributed by atoms with Gasteiger partial charge in [-0.15, -0.1) is 0 Å². The number of ether oxygens (including phenoxy) is 1. The van der Waals surface area contributed by atoms with Crippen LogP contribution in [0.15, 0.2) is 47.4 Å². The van der Waals surface area contributed by atoms with Gasteiger partial charge in [0.25, 0.3) is 5.91 Å². The third-order valence-corrected chi connectivity index (χ3v) is 7.35. The summed E-state index contributed by atoms with van der Waals surface area (Å²) < 4.78 is 32.0. The molecule has 7 nitrogen and oxygen atoms in total. The lowest BCUT2D eigenvalue weighted by Crippen LogP contribution is -2.40. The van der Waals surface area contributed by atoms with E-state index in [9.17, 15) is 13.2 Å². The number of hydrogen-bond acceptors (Lipinski definition) is 5. The number of benzene rings is 2. The average molecular weight is 416 g/mol. The molecule has 2 aromatic carbocycles. The highest BCUT2D eigenvalue weighted by Crippen LogP contribution is 2.30. The van der Waals surface area contributed by atoms with Crippen molar-refractivity contribution in [1.29, 1.82) is 0 Å². The standard InChI is InChI=1S/C21H25N3O4S/c1-2-23-10-9-16-3-6-18(15-20(16)23)22-21(25)17-4-7-19(8-5-17)29(26,27)24-11-13-28-14-12-24/h3-8,15H,2,9-14H2,1H3,(H,22,25).